The Hall–Kier alpha value is -1.54. The topological polar surface area (TPSA) is 12.0 Å². The maximum absolute atomic E-state index is 6.17. The van der Waals surface area contributed by atoms with Crippen LogP contribution in [0.3, 0.4) is 0 Å². The highest BCUT2D eigenvalue weighted by Crippen LogP contribution is 2.21. The number of hydrogen-bond acceptors (Lipinski definition) is 1. The van der Waals surface area contributed by atoms with Crippen LogP contribution >= 0.6 is 23.2 Å². The lowest BCUT2D eigenvalue weighted by atomic mass is 10.0. The van der Waals surface area contributed by atoms with Gasteiger partial charge in [0.25, 0.3) is 0 Å². The maximum atomic E-state index is 6.17. The van der Waals surface area contributed by atoms with Crippen LogP contribution in [0.1, 0.15) is 11.1 Å². The van der Waals surface area contributed by atoms with Gasteiger partial charge in [0.15, 0.2) is 0 Å². The van der Waals surface area contributed by atoms with Gasteiger partial charge in [-0.15, -0.1) is 0 Å². The second-order valence-corrected chi connectivity index (χ2v) is 5.82. The molecule has 0 amide bonds. The van der Waals surface area contributed by atoms with E-state index in [2.05, 4.69) is 47.8 Å². The van der Waals surface area contributed by atoms with Crippen molar-refractivity contribution in [2.75, 3.05) is 0 Å². The summed E-state index contributed by atoms with van der Waals surface area (Å²) in [4.78, 5) is 0. The first-order valence-corrected chi connectivity index (χ1v) is 7.61. The quantitative estimate of drug-likeness (QED) is 0.676. The fraction of sp³-hybridized carbons (Fsp3) is 0.111. The number of hydrogen-bond donors (Lipinski definition) is 1. The second kappa shape index (κ2) is 6.48. The highest BCUT2D eigenvalue weighted by molar-refractivity contribution is 6.33. The summed E-state index contributed by atoms with van der Waals surface area (Å²) in [5, 5.41) is 7.43. The van der Waals surface area contributed by atoms with Crippen LogP contribution in [-0.4, -0.2) is 0 Å². The van der Waals surface area contributed by atoms with Crippen molar-refractivity contribution >= 4 is 34.0 Å². The molecule has 0 heterocycles. The Morgan fingerprint density at radius 3 is 2.43 bits per heavy atom. The second-order valence-electron chi connectivity index (χ2n) is 4.98. The number of halogens is 2. The van der Waals surface area contributed by atoms with Crippen molar-refractivity contribution in [3.63, 3.8) is 0 Å². The molecule has 3 aromatic carbocycles. The molecule has 0 unspecified atom stereocenters. The molecular formula is C18H15Cl2N. The van der Waals surface area contributed by atoms with Gasteiger partial charge in [-0.1, -0.05) is 65.7 Å². The van der Waals surface area contributed by atoms with Gasteiger partial charge in [0.2, 0.25) is 0 Å². The summed E-state index contributed by atoms with van der Waals surface area (Å²) in [5.74, 6) is 0. The minimum absolute atomic E-state index is 0.697. The highest BCUT2D eigenvalue weighted by Gasteiger charge is 2.03. The molecule has 0 aliphatic rings. The highest BCUT2D eigenvalue weighted by atomic mass is 35.5. The lowest BCUT2D eigenvalue weighted by molar-refractivity contribution is 0.697. The summed E-state index contributed by atoms with van der Waals surface area (Å²) in [6.45, 7) is 1.49. The zero-order valence-electron chi connectivity index (χ0n) is 11.4. The van der Waals surface area contributed by atoms with Crippen LogP contribution in [0.2, 0.25) is 10.0 Å². The molecule has 106 valence electrons. The number of benzene rings is 3. The van der Waals surface area contributed by atoms with Crippen LogP contribution in [0.25, 0.3) is 10.8 Å². The molecule has 0 aliphatic heterocycles. The molecule has 3 heteroatoms. The Kier molecular flexibility index (Phi) is 4.45. The third-order valence-corrected chi connectivity index (χ3v) is 4.12. The molecule has 1 nitrogen and oxygen atoms in total. The van der Waals surface area contributed by atoms with E-state index in [4.69, 9.17) is 23.2 Å². The van der Waals surface area contributed by atoms with E-state index in [0.717, 1.165) is 17.1 Å². The molecule has 0 radical (unpaired) electrons. The number of nitrogens with one attached hydrogen (secondary N) is 1. The molecule has 0 atom stereocenters. The summed E-state index contributed by atoms with van der Waals surface area (Å²) in [6.07, 6.45) is 0. The van der Waals surface area contributed by atoms with Gasteiger partial charge in [0.1, 0.15) is 0 Å². The standard InChI is InChI=1S/C18H15Cl2N/c19-16-8-9-18(20)15(10-16)12-21-11-14-6-3-5-13-4-1-2-7-17(13)14/h1-10,21H,11-12H2. The average Bonchev–Trinajstić information content (AvgIpc) is 2.51. The van der Waals surface area contributed by atoms with Gasteiger partial charge < -0.3 is 5.32 Å². The summed E-state index contributed by atoms with van der Waals surface area (Å²) in [7, 11) is 0. The Labute approximate surface area is 134 Å². The Bertz CT molecular complexity index is 763. The minimum Gasteiger partial charge on any atom is -0.309 e. The van der Waals surface area contributed by atoms with E-state index in [1.165, 1.54) is 16.3 Å². The van der Waals surface area contributed by atoms with Crippen molar-refractivity contribution in [1.82, 2.24) is 5.32 Å². The van der Waals surface area contributed by atoms with Crippen molar-refractivity contribution in [3.05, 3.63) is 81.8 Å². The SMILES string of the molecule is Clc1ccc(Cl)c(CNCc2cccc3ccccc23)c1. The smallest absolute Gasteiger partial charge is 0.0451 e. The van der Waals surface area contributed by atoms with Crippen LogP contribution in [0.4, 0.5) is 0 Å². The fourth-order valence-corrected chi connectivity index (χ4v) is 2.84. The number of rotatable bonds is 4. The molecule has 3 aromatic rings. The molecule has 0 saturated heterocycles. The summed E-state index contributed by atoms with van der Waals surface area (Å²) in [5.41, 5.74) is 2.30. The largest absolute Gasteiger partial charge is 0.309 e. The van der Waals surface area contributed by atoms with Gasteiger partial charge in [-0.3, -0.25) is 0 Å². The zero-order chi connectivity index (χ0) is 14.7. The van der Waals surface area contributed by atoms with Crippen molar-refractivity contribution < 1.29 is 0 Å². The van der Waals surface area contributed by atoms with Gasteiger partial charge in [0, 0.05) is 23.1 Å². The first kappa shape index (κ1) is 14.4. The van der Waals surface area contributed by atoms with Crippen LogP contribution < -0.4 is 5.32 Å². The van der Waals surface area contributed by atoms with Gasteiger partial charge in [-0.25, -0.2) is 0 Å². The van der Waals surface area contributed by atoms with Crippen molar-refractivity contribution in [2.45, 2.75) is 13.1 Å². The molecular weight excluding hydrogens is 301 g/mol. The predicted octanol–water partition coefficient (Wildman–Crippen LogP) is 5.44. The predicted molar refractivity (Wildman–Crippen MR) is 91.0 cm³/mol. The maximum Gasteiger partial charge on any atom is 0.0451 e. The van der Waals surface area contributed by atoms with E-state index in [0.29, 0.717) is 11.6 Å². The molecule has 0 bridgehead atoms. The zero-order valence-corrected chi connectivity index (χ0v) is 13.0. The Balaban J connectivity index is 1.74. The molecule has 0 aliphatic carbocycles. The van der Waals surface area contributed by atoms with E-state index in [1.807, 2.05) is 12.1 Å². The van der Waals surface area contributed by atoms with E-state index < -0.39 is 0 Å². The van der Waals surface area contributed by atoms with E-state index in [-0.39, 0.29) is 0 Å². The number of fused-ring (bicyclic) bond motifs is 1. The van der Waals surface area contributed by atoms with E-state index in [1.54, 1.807) is 6.07 Å². The van der Waals surface area contributed by atoms with Gasteiger partial charge in [-0.2, -0.15) is 0 Å². The third kappa shape index (κ3) is 3.38. The Morgan fingerprint density at radius 1 is 0.762 bits per heavy atom. The monoisotopic (exact) mass is 315 g/mol. The normalized spacial score (nSPS) is 11.0. The Morgan fingerprint density at radius 2 is 1.52 bits per heavy atom. The fourth-order valence-electron chi connectivity index (χ4n) is 2.46. The van der Waals surface area contributed by atoms with Crippen molar-refractivity contribution in [3.8, 4) is 0 Å². The van der Waals surface area contributed by atoms with Crippen molar-refractivity contribution in [1.29, 1.82) is 0 Å². The van der Waals surface area contributed by atoms with Gasteiger partial charge in [-0.05, 0) is 40.1 Å². The lowest BCUT2D eigenvalue weighted by Gasteiger charge is -2.09. The molecule has 0 aromatic heterocycles. The summed E-state index contributed by atoms with van der Waals surface area (Å²) >= 11 is 12.2. The first-order chi connectivity index (χ1) is 10.2. The first-order valence-electron chi connectivity index (χ1n) is 6.85. The van der Waals surface area contributed by atoms with Crippen LogP contribution in [-0.2, 0) is 13.1 Å². The summed E-state index contributed by atoms with van der Waals surface area (Å²) < 4.78 is 0. The molecule has 1 N–H and O–H groups in total. The van der Waals surface area contributed by atoms with Crippen LogP contribution in [0.15, 0.2) is 60.7 Å². The third-order valence-electron chi connectivity index (χ3n) is 3.52. The van der Waals surface area contributed by atoms with Gasteiger partial charge in [0.05, 0.1) is 0 Å². The van der Waals surface area contributed by atoms with Crippen LogP contribution in [0.5, 0.6) is 0 Å². The van der Waals surface area contributed by atoms with E-state index in [9.17, 15) is 0 Å². The molecule has 0 spiro atoms. The molecule has 0 fully saturated rings. The lowest BCUT2D eigenvalue weighted by Crippen LogP contribution is -2.13. The average molecular weight is 316 g/mol. The van der Waals surface area contributed by atoms with E-state index >= 15 is 0 Å². The molecule has 21 heavy (non-hydrogen) atoms. The molecule has 3 rings (SSSR count). The summed E-state index contributed by atoms with van der Waals surface area (Å²) in [6, 6.07) is 20.3. The molecule has 0 saturated carbocycles. The van der Waals surface area contributed by atoms with Crippen molar-refractivity contribution in [2.24, 2.45) is 0 Å². The minimum atomic E-state index is 0.697. The van der Waals surface area contributed by atoms with Gasteiger partial charge >= 0.3 is 0 Å². The van der Waals surface area contributed by atoms with Crippen LogP contribution in [0, 0.1) is 0 Å².